The number of benzene rings is 1. The standard InChI is InChI=1S/C9H2F9IO/c10-7(11,12)3-1-4(19)6(8(13,14)15)5(2-3)20-9(16,17)18/h1-2H. The van der Waals surface area contributed by atoms with Gasteiger partial charge in [0.05, 0.1) is 5.56 Å². The van der Waals surface area contributed by atoms with Crippen molar-refractivity contribution in [2.45, 2.75) is 18.7 Å². The molecular weight excluding hydrogens is 422 g/mol. The molecule has 1 rings (SSSR count). The summed E-state index contributed by atoms with van der Waals surface area (Å²) in [6.07, 6.45) is -15.9. The fourth-order valence-electron chi connectivity index (χ4n) is 1.23. The van der Waals surface area contributed by atoms with Crippen molar-refractivity contribution < 1.29 is 44.3 Å². The van der Waals surface area contributed by atoms with E-state index in [4.69, 9.17) is 0 Å². The van der Waals surface area contributed by atoms with Gasteiger partial charge in [0.25, 0.3) is 0 Å². The Balaban J connectivity index is 3.53. The fraction of sp³-hybridized carbons (Fsp3) is 0.333. The lowest BCUT2D eigenvalue weighted by Gasteiger charge is -2.18. The van der Waals surface area contributed by atoms with Crippen LogP contribution in [0.2, 0.25) is 0 Å². The first kappa shape index (κ1) is 17.2. The van der Waals surface area contributed by atoms with E-state index in [2.05, 4.69) is 4.74 Å². The van der Waals surface area contributed by atoms with Crippen LogP contribution >= 0.6 is 22.6 Å². The average Bonchev–Trinajstić information content (AvgIpc) is 2.09. The van der Waals surface area contributed by atoms with Gasteiger partial charge in [-0.15, -0.1) is 13.2 Å². The summed E-state index contributed by atoms with van der Waals surface area (Å²) in [6.45, 7) is 0. The Morgan fingerprint density at radius 3 is 1.65 bits per heavy atom. The van der Waals surface area contributed by atoms with Crippen LogP contribution in [0.1, 0.15) is 11.1 Å². The first-order valence-electron chi connectivity index (χ1n) is 4.45. The largest absolute Gasteiger partial charge is 0.573 e. The van der Waals surface area contributed by atoms with Crippen molar-refractivity contribution in [3.8, 4) is 5.75 Å². The SMILES string of the molecule is FC(F)(F)Oc1cc(C(F)(F)F)cc(I)c1C(F)(F)F. The molecular formula is C9H2F9IO. The highest BCUT2D eigenvalue weighted by molar-refractivity contribution is 14.1. The number of halogens is 10. The van der Waals surface area contributed by atoms with Gasteiger partial charge < -0.3 is 4.74 Å². The molecule has 11 heteroatoms. The maximum absolute atomic E-state index is 12.6. The van der Waals surface area contributed by atoms with Gasteiger partial charge in [-0.05, 0) is 34.7 Å². The van der Waals surface area contributed by atoms with E-state index in [-0.39, 0.29) is 12.1 Å². The molecule has 114 valence electrons. The van der Waals surface area contributed by atoms with E-state index in [0.717, 1.165) is 22.6 Å². The lowest BCUT2D eigenvalue weighted by molar-refractivity contribution is -0.276. The van der Waals surface area contributed by atoms with Crippen LogP contribution in [0.5, 0.6) is 5.75 Å². The highest BCUT2D eigenvalue weighted by Gasteiger charge is 2.43. The summed E-state index contributed by atoms with van der Waals surface area (Å²) in [5.41, 5.74) is -3.59. The molecule has 0 heterocycles. The first-order chi connectivity index (χ1) is 8.72. The van der Waals surface area contributed by atoms with Crippen molar-refractivity contribution in [1.29, 1.82) is 0 Å². The zero-order chi connectivity index (χ0) is 15.9. The van der Waals surface area contributed by atoms with Crippen LogP contribution in [0.15, 0.2) is 12.1 Å². The molecule has 0 aliphatic heterocycles. The van der Waals surface area contributed by atoms with Crippen molar-refractivity contribution in [3.63, 3.8) is 0 Å². The third kappa shape index (κ3) is 4.31. The highest BCUT2D eigenvalue weighted by Crippen LogP contribution is 2.44. The molecule has 0 bridgehead atoms. The maximum atomic E-state index is 12.6. The molecule has 0 aliphatic carbocycles. The summed E-state index contributed by atoms with van der Waals surface area (Å²) in [5, 5.41) is 0. The van der Waals surface area contributed by atoms with Crippen LogP contribution in [0.3, 0.4) is 0 Å². The second-order valence-electron chi connectivity index (χ2n) is 3.37. The third-order valence-corrected chi connectivity index (χ3v) is 2.74. The molecule has 0 spiro atoms. The summed E-state index contributed by atoms with van der Waals surface area (Å²) in [5.74, 6) is -1.94. The predicted molar refractivity (Wildman–Crippen MR) is 55.8 cm³/mol. The molecule has 1 nitrogen and oxygen atoms in total. The number of alkyl halides is 9. The van der Waals surface area contributed by atoms with Crippen LogP contribution in [0, 0.1) is 3.57 Å². The minimum Gasteiger partial charge on any atom is -0.405 e. The summed E-state index contributed by atoms with van der Waals surface area (Å²) >= 11 is 0.861. The number of rotatable bonds is 1. The van der Waals surface area contributed by atoms with Crippen LogP contribution in [0.25, 0.3) is 0 Å². The van der Waals surface area contributed by atoms with Gasteiger partial charge in [0.15, 0.2) is 0 Å². The minimum absolute atomic E-state index is 0.0899. The van der Waals surface area contributed by atoms with Crippen molar-refractivity contribution in [3.05, 3.63) is 26.8 Å². The van der Waals surface area contributed by atoms with Crippen molar-refractivity contribution in [2.75, 3.05) is 0 Å². The summed E-state index contributed by atoms with van der Waals surface area (Å²) < 4.78 is 113. The Kier molecular flexibility index (Phi) is 4.42. The van der Waals surface area contributed by atoms with Gasteiger partial charge in [-0.25, -0.2) is 0 Å². The van der Waals surface area contributed by atoms with Crippen LogP contribution in [-0.4, -0.2) is 6.36 Å². The monoisotopic (exact) mass is 424 g/mol. The van der Waals surface area contributed by atoms with E-state index in [1.165, 1.54) is 0 Å². The van der Waals surface area contributed by atoms with E-state index in [1.54, 1.807) is 0 Å². The van der Waals surface area contributed by atoms with E-state index in [1.807, 2.05) is 0 Å². The summed E-state index contributed by atoms with van der Waals surface area (Å²) in [4.78, 5) is 0. The van der Waals surface area contributed by atoms with Crippen LogP contribution in [-0.2, 0) is 12.4 Å². The van der Waals surface area contributed by atoms with Gasteiger partial charge >= 0.3 is 18.7 Å². The molecule has 0 fully saturated rings. The van der Waals surface area contributed by atoms with E-state index < -0.39 is 39.2 Å². The topological polar surface area (TPSA) is 9.23 Å². The Morgan fingerprint density at radius 2 is 1.30 bits per heavy atom. The number of hydrogen-bond acceptors (Lipinski definition) is 1. The molecule has 0 aromatic heterocycles. The summed E-state index contributed by atoms with van der Waals surface area (Å²) in [7, 11) is 0. The van der Waals surface area contributed by atoms with Gasteiger partial charge in [0.2, 0.25) is 0 Å². The van der Waals surface area contributed by atoms with E-state index >= 15 is 0 Å². The van der Waals surface area contributed by atoms with Gasteiger partial charge in [0.1, 0.15) is 11.3 Å². The molecule has 0 atom stereocenters. The molecule has 1 aromatic carbocycles. The van der Waals surface area contributed by atoms with Gasteiger partial charge in [-0.2, -0.15) is 26.3 Å². The molecule has 0 radical (unpaired) electrons. The Bertz CT molecular complexity index is 500. The normalized spacial score (nSPS) is 13.5. The number of ether oxygens (including phenoxy) is 1. The number of hydrogen-bond donors (Lipinski definition) is 0. The summed E-state index contributed by atoms with van der Waals surface area (Å²) in [6, 6.07) is -0.245. The first-order valence-corrected chi connectivity index (χ1v) is 5.53. The van der Waals surface area contributed by atoms with Crippen molar-refractivity contribution >= 4 is 22.6 Å². The molecule has 0 unspecified atom stereocenters. The quantitative estimate of drug-likeness (QED) is 0.444. The highest BCUT2D eigenvalue weighted by atomic mass is 127. The Hall–Kier alpha value is -0.880. The average molecular weight is 424 g/mol. The van der Waals surface area contributed by atoms with Crippen LogP contribution in [0.4, 0.5) is 39.5 Å². The molecule has 0 saturated heterocycles. The zero-order valence-corrected chi connectivity index (χ0v) is 11.0. The van der Waals surface area contributed by atoms with Gasteiger partial charge in [0, 0.05) is 3.57 Å². The Morgan fingerprint density at radius 1 is 0.800 bits per heavy atom. The third-order valence-electron chi connectivity index (χ3n) is 1.89. The smallest absolute Gasteiger partial charge is 0.405 e. The molecule has 1 aromatic rings. The predicted octanol–water partition coefficient (Wildman–Crippen LogP) is 5.23. The van der Waals surface area contributed by atoms with Gasteiger partial charge in [-0.1, -0.05) is 0 Å². The van der Waals surface area contributed by atoms with Crippen molar-refractivity contribution in [1.82, 2.24) is 0 Å². The fourth-order valence-corrected chi connectivity index (χ4v) is 2.13. The Labute approximate surface area is 118 Å². The van der Waals surface area contributed by atoms with E-state index in [0.29, 0.717) is 0 Å². The van der Waals surface area contributed by atoms with E-state index in [9.17, 15) is 39.5 Å². The zero-order valence-electron chi connectivity index (χ0n) is 8.84. The molecule has 0 N–H and O–H groups in total. The molecule has 0 saturated carbocycles. The van der Waals surface area contributed by atoms with Crippen LogP contribution < -0.4 is 4.74 Å². The lowest BCUT2D eigenvalue weighted by atomic mass is 10.1. The second-order valence-corrected chi connectivity index (χ2v) is 4.54. The second kappa shape index (κ2) is 5.15. The minimum atomic E-state index is -5.55. The molecule has 20 heavy (non-hydrogen) atoms. The molecule has 0 aliphatic rings. The lowest BCUT2D eigenvalue weighted by Crippen LogP contribution is -2.22. The maximum Gasteiger partial charge on any atom is 0.573 e. The molecule has 0 amide bonds. The van der Waals surface area contributed by atoms with Crippen molar-refractivity contribution in [2.24, 2.45) is 0 Å². The van der Waals surface area contributed by atoms with Gasteiger partial charge in [-0.3, -0.25) is 0 Å².